The molecule has 1 atom stereocenters. The zero-order valence-electron chi connectivity index (χ0n) is 9.93. The lowest BCUT2D eigenvalue weighted by Gasteiger charge is -2.19. The van der Waals surface area contributed by atoms with Crippen molar-refractivity contribution in [3.8, 4) is 5.75 Å². The monoisotopic (exact) mass is 247 g/mol. The highest BCUT2D eigenvalue weighted by Crippen LogP contribution is 2.19. The number of benzene rings is 1. The summed E-state index contributed by atoms with van der Waals surface area (Å²) in [6.45, 7) is 0.305. The number of methoxy groups -OCH3 is 1. The van der Waals surface area contributed by atoms with Crippen LogP contribution in [0.4, 0.5) is 0 Å². The number of ether oxygens (including phenoxy) is 1. The Labute approximate surface area is 104 Å². The SMILES string of the molecule is COc1cccc(C(=O)C2C(=O)CCNC2=O)c1. The Morgan fingerprint density at radius 2 is 2.17 bits per heavy atom. The fourth-order valence-corrected chi connectivity index (χ4v) is 1.91. The maximum absolute atomic E-state index is 12.2. The minimum absolute atomic E-state index is 0.201. The first-order valence-corrected chi connectivity index (χ1v) is 5.62. The number of nitrogens with one attached hydrogen (secondary N) is 1. The Bertz CT molecular complexity index is 493. The Morgan fingerprint density at radius 1 is 1.39 bits per heavy atom. The number of Topliss-reactive ketones (excluding diaryl/α,β-unsaturated/α-hetero) is 2. The molecular formula is C13H13NO4. The molecule has 1 aliphatic rings. The number of ketones is 2. The average molecular weight is 247 g/mol. The van der Waals surface area contributed by atoms with E-state index in [-0.39, 0.29) is 12.2 Å². The van der Waals surface area contributed by atoms with Crippen molar-refractivity contribution >= 4 is 17.5 Å². The van der Waals surface area contributed by atoms with Gasteiger partial charge in [0.2, 0.25) is 5.91 Å². The molecule has 0 aromatic heterocycles. The zero-order valence-corrected chi connectivity index (χ0v) is 9.93. The molecule has 1 fully saturated rings. The van der Waals surface area contributed by atoms with Crippen LogP contribution in [0.5, 0.6) is 5.75 Å². The van der Waals surface area contributed by atoms with Crippen LogP contribution in [-0.4, -0.2) is 31.1 Å². The van der Waals surface area contributed by atoms with E-state index in [1.165, 1.54) is 13.2 Å². The minimum Gasteiger partial charge on any atom is -0.497 e. The molecule has 1 aromatic carbocycles. The summed E-state index contributed by atoms with van der Waals surface area (Å²) < 4.78 is 5.01. The van der Waals surface area contributed by atoms with E-state index in [0.29, 0.717) is 17.9 Å². The van der Waals surface area contributed by atoms with Gasteiger partial charge in [0.1, 0.15) is 5.75 Å². The second-order valence-electron chi connectivity index (χ2n) is 4.04. The molecule has 94 valence electrons. The van der Waals surface area contributed by atoms with Crippen LogP contribution >= 0.6 is 0 Å². The van der Waals surface area contributed by atoms with Crippen molar-refractivity contribution in [2.75, 3.05) is 13.7 Å². The first-order chi connectivity index (χ1) is 8.63. The first kappa shape index (κ1) is 12.3. The van der Waals surface area contributed by atoms with Gasteiger partial charge in [-0.05, 0) is 12.1 Å². The molecule has 1 saturated heterocycles. The van der Waals surface area contributed by atoms with Crippen LogP contribution < -0.4 is 10.1 Å². The van der Waals surface area contributed by atoms with E-state index >= 15 is 0 Å². The quantitative estimate of drug-likeness (QED) is 0.626. The molecule has 1 aliphatic heterocycles. The molecular weight excluding hydrogens is 234 g/mol. The fraction of sp³-hybridized carbons (Fsp3) is 0.308. The lowest BCUT2D eigenvalue weighted by atomic mass is 9.89. The third-order valence-electron chi connectivity index (χ3n) is 2.87. The molecule has 1 aromatic rings. The second kappa shape index (κ2) is 5.00. The van der Waals surface area contributed by atoms with Crippen LogP contribution in [0.25, 0.3) is 0 Å². The van der Waals surface area contributed by atoms with E-state index in [0.717, 1.165) is 0 Å². The number of carbonyl (C=O) groups is 3. The predicted octanol–water partition coefficient (Wildman–Crippen LogP) is 0.583. The van der Waals surface area contributed by atoms with E-state index in [1.54, 1.807) is 18.2 Å². The number of amides is 1. The Morgan fingerprint density at radius 3 is 2.83 bits per heavy atom. The van der Waals surface area contributed by atoms with Gasteiger partial charge in [0, 0.05) is 18.5 Å². The van der Waals surface area contributed by atoms with Crippen LogP contribution in [0, 0.1) is 5.92 Å². The summed E-state index contributed by atoms with van der Waals surface area (Å²) in [5.41, 5.74) is 0.310. The van der Waals surface area contributed by atoms with Gasteiger partial charge in [-0.15, -0.1) is 0 Å². The minimum atomic E-state index is -1.22. The fourth-order valence-electron chi connectivity index (χ4n) is 1.91. The number of hydrogen-bond donors (Lipinski definition) is 1. The van der Waals surface area contributed by atoms with Gasteiger partial charge < -0.3 is 10.1 Å². The van der Waals surface area contributed by atoms with Crippen LogP contribution in [0.2, 0.25) is 0 Å². The highest BCUT2D eigenvalue weighted by atomic mass is 16.5. The molecule has 5 nitrogen and oxygen atoms in total. The maximum Gasteiger partial charge on any atom is 0.238 e. The van der Waals surface area contributed by atoms with E-state index in [4.69, 9.17) is 4.74 Å². The Balaban J connectivity index is 2.29. The largest absolute Gasteiger partial charge is 0.497 e. The van der Waals surface area contributed by atoms with Crippen molar-refractivity contribution in [1.29, 1.82) is 0 Å². The van der Waals surface area contributed by atoms with Crippen LogP contribution in [-0.2, 0) is 9.59 Å². The van der Waals surface area contributed by atoms with Crippen LogP contribution in [0.1, 0.15) is 16.8 Å². The van der Waals surface area contributed by atoms with Gasteiger partial charge in [0.25, 0.3) is 0 Å². The molecule has 0 spiro atoms. The highest BCUT2D eigenvalue weighted by Gasteiger charge is 2.36. The summed E-state index contributed by atoms with van der Waals surface area (Å²) in [6, 6.07) is 6.44. The van der Waals surface area contributed by atoms with E-state index in [9.17, 15) is 14.4 Å². The predicted molar refractivity (Wildman–Crippen MR) is 63.4 cm³/mol. The summed E-state index contributed by atoms with van der Waals surface area (Å²) in [5.74, 6) is -2.02. The third kappa shape index (κ3) is 2.25. The van der Waals surface area contributed by atoms with Crippen LogP contribution in [0.15, 0.2) is 24.3 Å². The van der Waals surface area contributed by atoms with Gasteiger partial charge in [-0.25, -0.2) is 0 Å². The molecule has 1 heterocycles. The Hall–Kier alpha value is -2.17. The van der Waals surface area contributed by atoms with Gasteiger partial charge in [-0.2, -0.15) is 0 Å². The average Bonchev–Trinajstić information content (AvgIpc) is 2.38. The first-order valence-electron chi connectivity index (χ1n) is 5.62. The molecule has 0 aliphatic carbocycles. The van der Waals surface area contributed by atoms with Crippen molar-refractivity contribution in [3.63, 3.8) is 0 Å². The molecule has 18 heavy (non-hydrogen) atoms. The van der Waals surface area contributed by atoms with Crippen molar-refractivity contribution in [3.05, 3.63) is 29.8 Å². The van der Waals surface area contributed by atoms with Gasteiger partial charge >= 0.3 is 0 Å². The lowest BCUT2D eigenvalue weighted by molar-refractivity contribution is -0.134. The van der Waals surface area contributed by atoms with E-state index in [2.05, 4.69) is 5.32 Å². The standard InChI is InChI=1S/C13H13NO4/c1-18-9-4-2-3-8(7-9)12(16)11-10(15)5-6-14-13(11)17/h2-4,7,11H,5-6H2,1H3,(H,14,17). The molecule has 1 amide bonds. The number of hydrogen-bond acceptors (Lipinski definition) is 4. The summed E-state index contributed by atoms with van der Waals surface area (Å²) >= 11 is 0. The number of rotatable bonds is 3. The third-order valence-corrected chi connectivity index (χ3v) is 2.87. The number of carbonyl (C=O) groups excluding carboxylic acids is 3. The topological polar surface area (TPSA) is 72.5 Å². The summed E-state index contributed by atoms with van der Waals surface area (Å²) in [4.78, 5) is 35.4. The highest BCUT2D eigenvalue weighted by molar-refractivity contribution is 6.24. The molecule has 1 N–H and O–H groups in total. The van der Waals surface area contributed by atoms with Gasteiger partial charge in [0.15, 0.2) is 17.5 Å². The van der Waals surface area contributed by atoms with Gasteiger partial charge in [-0.1, -0.05) is 12.1 Å². The van der Waals surface area contributed by atoms with Crippen LogP contribution in [0.3, 0.4) is 0 Å². The molecule has 0 saturated carbocycles. The summed E-state index contributed by atoms with van der Waals surface area (Å²) in [6.07, 6.45) is 0.201. The molecule has 5 heteroatoms. The lowest BCUT2D eigenvalue weighted by Crippen LogP contribution is -2.46. The maximum atomic E-state index is 12.2. The number of piperidine rings is 1. The summed E-state index contributed by atoms with van der Waals surface area (Å²) in [7, 11) is 1.49. The normalized spacial score (nSPS) is 19.3. The zero-order chi connectivity index (χ0) is 13.1. The van der Waals surface area contributed by atoms with Gasteiger partial charge in [0.05, 0.1) is 7.11 Å². The summed E-state index contributed by atoms with van der Waals surface area (Å²) in [5, 5.41) is 2.53. The van der Waals surface area contributed by atoms with Crippen molar-refractivity contribution in [2.45, 2.75) is 6.42 Å². The Kier molecular flexibility index (Phi) is 3.41. The van der Waals surface area contributed by atoms with Crippen molar-refractivity contribution < 1.29 is 19.1 Å². The molecule has 0 bridgehead atoms. The van der Waals surface area contributed by atoms with E-state index in [1.807, 2.05) is 0 Å². The molecule has 1 unspecified atom stereocenters. The second-order valence-corrected chi connectivity index (χ2v) is 4.04. The van der Waals surface area contributed by atoms with Crippen molar-refractivity contribution in [2.24, 2.45) is 5.92 Å². The molecule has 0 radical (unpaired) electrons. The van der Waals surface area contributed by atoms with Gasteiger partial charge in [-0.3, -0.25) is 14.4 Å². The van der Waals surface area contributed by atoms with Crippen molar-refractivity contribution in [1.82, 2.24) is 5.32 Å². The smallest absolute Gasteiger partial charge is 0.238 e. The van der Waals surface area contributed by atoms with E-state index < -0.39 is 17.6 Å². The molecule has 2 rings (SSSR count).